The highest BCUT2D eigenvalue weighted by molar-refractivity contribution is 5.73. The molecule has 140 valence electrons. The summed E-state index contributed by atoms with van der Waals surface area (Å²) in [6, 6.07) is 20.8. The highest BCUT2D eigenvalue weighted by atomic mass is 16.4. The monoisotopic (exact) mass is 382 g/mol. The molecule has 0 bridgehead atoms. The molecule has 0 radical (unpaired) electrons. The van der Waals surface area contributed by atoms with Crippen molar-refractivity contribution in [1.29, 1.82) is 5.26 Å². The minimum Gasteiger partial charge on any atom is -0.406 e. The van der Waals surface area contributed by atoms with Crippen LogP contribution in [-0.4, -0.2) is 9.55 Å². The molecular weight excluding hydrogens is 368 g/mol. The van der Waals surface area contributed by atoms with Crippen molar-refractivity contribution in [2.45, 2.75) is 5.92 Å². The zero-order valence-electron chi connectivity index (χ0n) is 15.1. The number of aromatic nitrogens is 2. The van der Waals surface area contributed by atoms with E-state index >= 15 is 0 Å². The third-order valence-electron chi connectivity index (χ3n) is 4.85. The summed E-state index contributed by atoms with van der Waals surface area (Å²) in [5.41, 5.74) is 7.75. The highest BCUT2D eigenvalue weighted by Crippen LogP contribution is 2.37. The molecule has 2 N–H and O–H groups in total. The summed E-state index contributed by atoms with van der Waals surface area (Å²) >= 11 is 0. The topological polar surface area (TPSA) is 111 Å². The van der Waals surface area contributed by atoms with Gasteiger partial charge in [0.25, 0.3) is 6.01 Å². The molecule has 0 saturated heterocycles. The van der Waals surface area contributed by atoms with Crippen molar-refractivity contribution in [3.63, 3.8) is 0 Å². The highest BCUT2D eigenvalue weighted by Gasteiger charge is 2.35. The summed E-state index contributed by atoms with van der Waals surface area (Å²) in [4.78, 5) is 17.0. The molecule has 29 heavy (non-hydrogen) atoms. The molecule has 2 aromatic heterocycles. The zero-order valence-corrected chi connectivity index (χ0v) is 15.1. The number of nitrogens with zero attached hydrogens (tertiary/aromatic N) is 3. The number of fused-ring (bicyclic) bond motifs is 3. The lowest BCUT2D eigenvalue weighted by atomic mass is 9.88. The molecule has 5 rings (SSSR count). The number of hydrogen-bond donors (Lipinski definition) is 1. The van der Waals surface area contributed by atoms with Crippen LogP contribution in [0.1, 0.15) is 22.7 Å². The average Bonchev–Trinajstić information content (AvgIpc) is 3.27. The molecule has 1 atom stereocenters. The average molecular weight is 382 g/mol. The van der Waals surface area contributed by atoms with Gasteiger partial charge in [-0.3, -0.25) is 0 Å². The molecule has 7 nitrogen and oxygen atoms in total. The maximum atomic E-state index is 12.7. The molecule has 0 saturated carbocycles. The van der Waals surface area contributed by atoms with Gasteiger partial charge >= 0.3 is 5.63 Å². The Bertz CT molecular complexity index is 1440. The van der Waals surface area contributed by atoms with Crippen molar-refractivity contribution in [2.75, 3.05) is 5.73 Å². The quantitative estimate of drug-likeness (QED) is 0.564. The van der Waals surface area contributed by atoms with E-state index in [1.54, 1.807) is 6.08 Å². The standard InChI is InChI=1S/C22H14N4O3/c23-12-15-17(14-9-5-2-6-10-14)18-20(29-22(24)25-18)26-16(21(27)28-19(15)26)11-13-7-3-1-4-8-13/h1-11,17H,(H2,24,25)/b16-11+/t17-/m1/s1. The van der Waals surface area contributed by atoms with Crippen LogP contribution in [0.25, 0.3) is 17.5 Å². The molecule has 4 aromatic rings. The van der Waals surface area contributed by atoms with E-state index in [4.69, 9.17) is 14.6 Å². The summed E-state index contributed by atoms with van der Waals surface area (Å²) in [5.74, 6) is -0.272. The molecule has 1 aliphatic rings. The maximum Gasteiger partial charge on any atom is 0.362 e. The lowest BCUT2D eigenvalue weighted by Crippen LogP contribution is -2.35. The number of hydrogen-bond acceptors (Lipinski definition) is 6. The smallest absolute Gasteiger partial charge is 0.362 e. The lowest BCUT2D eigenvalue weighted by molar-refractivity contribution is 0.455. The minimum atomic E-state index is -0.578. The molecule has 2 aromatic carbocycles. The Labute approximate surface area is 164 Å². The first kappa shape index (κ1) is 16.8. The number of nitrogens with two attached hydrogens (primary N) is 1. The Morgan fingerprint density at radius 2 is 1.76 bits per heavy atom. The van der Waals surface area contributed by atoms with Crippen molar-refractivity contribution in [1.82, 2.24) is 9.55 Å². The zero-order chi connectivity index (χ0) is 20.0. The van der Waals surface area contributed by atoms with Gasteiger partial charge in [0, 0.05) is 0 Å². The normalized spacial score (nSPS) is 15.6. The Morgan fingerprint density at radius 1 is 1.07 bits per heavy atom. The third-order valence-corrected chi connectivity index (χ3v) is 4.85. The first-order valence-corrected chi connectivity index (χ1v) is 8.92. The van der Waals surface area contributed by atoms with Gasteiger partial charge in [0.2, 0.25) is 11.4 Å². The van der Waals surface area contributed by atoms with E-state index in [-0.39, 0.29) is 28.4 Å². The number of nitrogen functional groups attached to an aromatic ring is 1. The van der Waals surface area contributed by atoms with Crippen LogP contribution >= 0.6 is 0 Å². The largest absolute Gasteiger partial charge is 0.406 e. The van der Waals surface area contributed by atoms with Crippen molar-refractivity contribution >= 4 is 17.7 Å². The lowest BCUT2D eigenvalue weighted by Gasteiger charge is -2.18. The van der Waals surface area contributed by atoms with Gasteiger partial charge in [0.15, 0.2) is 0 Å². The Balaban J connectivity index is 1.91. The van der Waals surface area contributed by atoms with Gasteiger partial charge in [-0.2, -0.15) is 10.2 Å². The first-order chi connectivity index (χ1) is 14.2. The first-order valence-electron chi connectivity index (χ1n) is 8.92. The number of oxazole rings is 2. The van der Waals surface area contributed by atoms with Crippen LogP contribution in [0, 0.1) is 11.3 Å². The van der Waals surface area contributed by atoms with Gasteiger partial charge in [-0.05, 0) is 17.2 Å². The van der Waals surface area contributed by atoms with Crippen LogP contribution in [0.2, 0.25) is 0 Å². The fraction of sp³-hybridized carbons (Fsp3) is 0.0455. The van der Waals surface area contributed by atoms with Crippen molar-refractivity contribution in [3.8, 4) is 12.0 Å². The Morgan fingerprint density at radius 3 is 2.45 bits per heavy atom. The van der Waals surface area contributed by atoms with Crippen LogP contribution in [0.15, 0.2) is 74.3 Å². The summed E-state index contributed by atoms with van der Waals surface area (Å²) in [6.07, 6.45) is 1.68. The van der Waals surface area contributed by atoms with E-state index in [1.807, 2.05) is 60.7 Å². The molecule has 0 aliphatic carbocycles. The SMILES string of the molecule is N#CC1=c2oc(=O)/c(=C\c3ccccc3)n2-c2oc(N)nc2[C@@H]1c1ccccc1. The molecule has 0 spiro atoms. The van der Waals surface area contributed by atoms with Crippen molar-refractivity contribution < 1.29 is 8.83 Å². The molecule has 3 heterocycles. The van der Waals surface area contributed by atoms with E-state index in [0.29, 0.717) is 5.69 Å². The van der Waals surface area contributed by atoms with E-state index in [0.717, 1.165) is 11.1 Å². The van der Waals surface area contributed by atoms with Gasteiger partial charge in [-0.15, -0.1) is 0 Å². The van der Waals surface area contributed by atoms with Gasteiger partial charge < -0.3 is 14.6 Å². The van der Waals surface area contributed by atoms with E-state index < -0.39 is 11.5 Å². The number of anilines is 1. The van der Waals surface area contributed by atoms with Crippen LogP contribution in [0.3, 0.4) is 0 Å². The molecule has 0 amide bonds. The van der Waals surface area contributed by atoms with Crippen molar-refractivity contribution in [2.24, 2.45) is 0 Å². The van der Waals surface area contributed by atoms with Gasteiger partial charge in [-0.1, -0.05) is 60.7 Å². The molecule has 0 unspecified atom stereocenters. The van der Waals surface area contributed by atoms with Gasteiger partial charge in [-0.25, -0.2) is 9.36 Å². The fourth-order valence-corrected chi connectivity index (χ4v) is 3.63. The number of rotatable bonds is 2. The summed E-state index contributed by atoms with van der Waals surface area (Å²) in [7, 11) is 0. The van der Waals surface area contributed by atoms with Crippen LogP contribution in [0.5, 0.6) is 0 Å². The van der Waals surface area contributed by atoms with Crippen LogP contribution < -0.4 is 22.3 Å². The van der Waals surface area contributed by atoms with Gasteiger partial charge in [0.1, 0.15) is 22.7 Å². The van der Waals surface area contributed by atoms with Crippen LogP contribution in [-0.2, 0) is 0 Å². The van der Waals surface area contributed by atoms with Crippen molar-refractivity contribution in [3.05, 3.63) is 98.8 Å². The van der Waals surface area contributed by atoms with E-state index in [9.17, 15) is 10.1 Å². The van der Waals surface area contributed by atoms with E-state index in [2.05, 4.69) is 11.1 Å². The van der Waals surface area contributed by atoms with Crippen LogP contribution in [0.4, 0.5) is 6.01 Å². The second kappa shape index (κ2) is 6.39. The molecule has 1 aliphatic heterocycles. The third kappa shape index (κ3) is 2.58. The molecular formula is C22H14N4O3. The van der Waals surface area contributed by atoms with Gasteiger partial charge in [0.05, 0.1) is 5.92 Å². The Kier molecular flexibility index (Phi) is 3.71. The second-order valence-electron chi connectivity index (χ2n) is 6.58. The maximum absolute atomic E-state index is 12.7. The molecule has 7 heteroatoms. The number of benzene rings is 2. The fourth-order valence-electron chi connectivity index (χ4n) is 3.63. The molecule has 0 fully saturated rings. The summed E-state index contributed by atoms with van der Waals surface area (Å²) < 4.78 is 12.7. The summed E-state index contributed by atoms with van der Waals surface area (Å²) in [5, 5.41) is 10.2. The number of nitriles is 1. The van der Waals surface area contributed by atoms with E-state index in [1.165, 1.54) is 4.57 Å². The minimum absolute atomic E-state index is 0.0483. The summed E-state index contributed by atoms with van der Waals surface area (Å²) in [6.45, 7) is 0. The predicted molar refractivity (Wildman–Crippen MR) is 105 cm³/mol. The predicted octanol–water partition coefficient (Wildman–Crippen LogP) is 1.65. The second-order valence-corrected chi connectivity index (χ2v) is 6.58. The Hall–Kier alpha value is -4.31.